The molecule has 4 nitrogen and oxygen atoms in total. The Morgan fingerprint density at radius 1 is 1.35 bits per heavy atom. The van der Waals surface area contributed by atoms with Gasteiger partial charge in [-0.2, -0.15) is 11.3 Å². The van der Waals surface area contributed by atoms with Gasteiger partial charge in [0.2, 0.25) is 5.91 Å². The second kappa shape index (κ2) is 7.55. The van der Waals surface area contributed by atoms with Crippen LogP contribution in [0.4, 0.5) is 5.69 Å². The van der Waals surface area contributed by atoms with Crippen molar-refractivity contribution in [1.82, 2.24) is 5.32 Å². The Labute approximate surface area is 122 Å². The predicted octanol–water partition coefficient (Wildman–Crippen LogP) is 2.46. The summed E-state index contributed by atoms with van der Waals surface area (Å²) in [6, 6.07) is 9.26. The number of amides is 1. The Hall–Kier alpha value is -2.01. The van der Waals surface area contributed by atoms with Crippen LogP contribution in [0.25, 0.3) is 0 Å². The summed E-state index contributed by atoms with van der Waals surface area (Å²) in [7, 11) is 0. The zero-order chi connectivity index (χ0) is 14.2. The molecule has 0 aliphatic heterocycles. The van der Waals surface area contributed by atoms with Gasteiger partial charge in [0, 0.05) is 18.3 Å². The van der Waals surface area contributed by atoms with Gasteiger partial charge in [0.25, 0.3) is 0 Å². The number of carbonyl (C=O) groups is 1. The Bertz CT molecular complexity index is 541. The molecule has 0 unspecified atom stereocenters. The van der Waals surface area contributed by atoms with Gasteiger partial charge in [0.15, 0.2) is 0 Å². The van der Waals surface area contributed by atoms with E-state index in [0.717, 1.165) is 6.42 Å². The number of nitrogens with one attached hydrogen (secondary N) is 1. The monoisotopic (exact) mass is 290 g/mol. The number of nitrogens with two attached hydrogens (primary N) is 1. The standard InChI is InChI=1S/C15H18N2O2S/c16-13-2-1-3-14(10-13)19-8-5-15(18)17-7-4-12-6-9-20-11-12/h1-3,6,9-11H,4-5,7-8,16H2,(H,17,18). The highest BCUT2D eigenvalue weighted by Crippen LogP contribution is 2.14. The third-order valence-corrected chi connectivity index (χ3v) is 3.50. The van der Waals surface area contributed by atoms with Crippen molar-refractivity contribution >= 4 is 22.9 Å². The minimum Gasteiger partial charge on any atom is -0.493 e. The minimum atomic E-state index is 0.00383. The molecule has 1 aromatic heterocycles. The van der Waals surface area contributed by atoms with E-state index in [4.69, 9.17) is 10.5 Å². The molecule has 0 fully saturated rings. The summed E-state index contributed by atoms with van der Waals surface area (Å²) in [5, 5.41) is 7.01. The number of ether oxygens (including phenoxy) is 1. The highest BCUT2D eigenvalue weighted by atomic mass is 32.1. The van der Waals surface area contributed by atoms with E-state index in [1.807, 2.05) is 17.5 Å². The van der Waals surface area contributed by atoms with Crippen molar-refractivity contribution < 1.29 is 9.53 Å². The first kappa shape index (κ1) is 14.4. The van der Waals surface area contributed by atoms with Gasteiger partial charge in [-0.15, -0.1) is 0 Å². The Balaban J connectivity index is 1.60. The number of benzene rings is 1. The van der Waals surface area contributed by atoms with E-state index in [2.05, 4.69) is 16.8 Å². The molecule has 0 saturated heterocycles. The van der Waals surface area contributed by atoms with Crippen LogP contribution >= 0.6 is 11.3 Å². The molecule has 0 aliphatic carbocycles. The molecule has 0 radical (unpaired) electrons. The zero-order valence-electron chi connectivity index (χ0n) is 11.2. The molecule has 20 heavy (non-hydrogen) atoms. The molecule has 5 heteroatoms. The van der Waals surface area contributed by atoms with E-state index in [-0.39, 0.29) is 5.91 Å². The van der Waals surface area contributed by atoms with Gasteiger partial charge < -0.3 is 15.8 Å². The van der Waals surface area contributed by atoms with Crippen molar-refractivity contribution in [2.45, 2.75) is 12.8 Å². The van der Waals surface area contributed by atoms with E-state index in [0.29, 0.717) is 31.0 Å². The second-order valence-electron chi connectivity index (χ2n) is 4.40. The number of anilines is 1. The molecule has 0 bridgehead atoms. The maximum atomic E-state index is 11.6. The normalized spacial score (nSPS) is 10.2. The SMILES string of the molecule is Nc1cccc(OCCC(=O)NCCc2ccsc2)c1. The van der Waals surface area contributed by atoms with E-state index in [9.17, 15) is 4.79 Å². The van der Waals surface area contributed by atoms with E-state index < -0.39 is 0 Å². The smallest absolute Gasteiger partial charge is 0.223 e. The van der Waals surface area contributed by atoms with E-state index in [1.54, 1.807) is 23.5 Å². The number of thiophene rings is 1. The number of rotatable bonds is 7. The fourth-order valence-corrected chi connectivity index (χ4v) is 2.44. The van der Waals surface area contributed by atoms with Gasteiger partial charge >= 0.3 is 0 Å². The molecule has 2 rings (SSSR count). The molecule has 0 saturated carbocycles. The Kier molecular flexibility index (Phi) is 5.43. The lowest BCUT2D eigenvalue weighted by Gasteiger charge is -2.07. The van der Waals surface area contributed by atoms with Crippen molar-refractivity contribution in [3.05, 3.63) is 46.7 Å². The van der Waals surface area contributed by atoms with Crippen molar-refractivity contribution in [3.8, 4) is 5.75 Å². The van der Waals surface area contributed by atoms with Crippen LogP contribution in [0, 0.1) is 0 Å². The molecule has 1 heterocycles. The van der Waals surface area contributed by atoms with Crippen LogP contribution in [0.5, 0.6) is 5.75 Å². The van der Waals surface area contributed by atoms with Gasteiger partial charge in [-0.05, 0) is 40.9 Å². The minimum absolute atomic E-state index is 0.00383. The van der Waals surface area contributed by atoms with Gasteiger partial charge in [0.05, 0.1) is 13.0 Å². The van der Waals surface area contributed by atoms with Crippen LogP contribution in [-0.4, -0.2) is 19.1 Å². The first-order valence-electron chi connectivity index (χ1n) is 6.50. The summed E-state index contributed by atoms with van der Waals surface area (Å²) < 4.78 is 5.47. The number of hydrogen-bond acceptors (Lipinski definition) is 4. The lowest BCUT2D eigenvalue weighted by Crippen LogP contribution is -2.26. The molecule has 106 valence electrons. The van der Waals surface area contributed by atoms with Gasteiger partial charge in [-0.25, -0.2) is 0 Å². The van der Waals surface area contributed by atoms with E-state index in [1.165, 1.54) is 5.56 Å². The van der Waals surface area contributed by atoms with Crippen LogP contribution in [0.2, 0.25) is 0 Å². The van der Waals surface area contributed by atoms with Crippen molar-refractivity contribution in [3.63, 3.8) is 0 Å². The number of carbonyl (C=O) groups excluding carboxylic acids is 1. The summed E-state index contributed by atoms with van der Waals surface area (Å²) >= 11 is 1.67. The molecule has 3 N–H and O–H groups in total. The van der Waals surface area contributed by atoms with Crippen molar-refractivity contribution in [2.24, 2.45) is 0 Å². The van der Waals surface area contributed by atoms with Crippen LogP contribution in [-0.2, 0) is 11.2 Å². The summed E-state index contributed by atoms with van der Waals surface area (Å²) in [6.45, 7) is 1.02. The Morgan fingerprint density at radius 2 is 2.25 bits per heavy atom. The molecule has 0 spiro atoms. The highest BCUT2D eigenvalue weighted by Gasteiger charge is 2.02. The van der Waals surface area contributed by atoms with Crippen molar-refractivity contribution in [2.75, 3.05) is 18.9 Å². The predicted molar refractivity (Wildman–Crippen MR) is 82.0 cm³/mol. The fourth-order valence-electron chi connectivity index (χ4n) is 1.74. The molecule has 0 atom stereocenters. The molecule has 0 aliphatic rings. The molecule has 1 amide bonds. The maximum Gasteiger partial charge on any atom is 0.223 e. The maximum absolute atomic E-state index is 11.6. The second-order valence-corrected chi connectivity index (χ2v) is 5.18. The summed E-state index contributed by atoms with van der Waals surface area (Å²) in [5.74, 6) is 0.695. The first-order valence-corrected chi connectivity index (χ1v) is 7.44. The highest BCUT2D eigenvalue weighted by molar-refractivity contribution is 7.07. The molecule has 1 aromatic carbocycles. The third kappa shape index (κ3) is 4.93. The average Bonchev–Trinajstić information content (AvgIpc) is 2.92. The number of nitrogen functional groups attached to an aromatic ring is 1. The first-order chi connectivity index (χ1) is 9.74. The summed E-state index contributed by atoms with van der Waals surface area (Å²) in [5.41, 5.74) is 7.55. The molecule has 2 aromatic rings. The van der Waals surface area contributed by atoms with Crippen LogP contribution in [0.15, 0.2) is 41.1 Å². The molecular formula is C15H18N2O2S. The Morgan fingerprint density at radius 3 is 3.00 bits per heavy atom. The fraction of sp³-hybridized carbons (Fsp3) is 0.267. The molecular weight excluding hydrogens is 272 g/mol. The average molecular weight is 290 g/mol. The van der Waals surface area contributed by atoms with Gasteiger partial charge in [-0.1, -0.05) is 6.07 Å². The van der Waals surface area contributed by atoms with Crippen LogP contribution in [0.3, 0.4) is 0 Å². The number of hydrogen-bond donors (Lipinski definition) is 2. The summed E-state index contributed by atoms with van der Waals surface area (Å²) in [6.07, 6.45) is 1.21. The van der Waals surface area contributed by atoms with Gasteiger partial charge in [0.1, 0.15) is 5.75 Å². The largest absolute Gasteiger partial charge is 0.493 e. The lowest BCUT2D eigenvalue weighted by molar-refractivity contribution is -0.121. The van der Waals surface area contributed by atoms with Crippen LogP contribution < -0.4 is 15.8 Å². The zero-order valence-corrected chi connectivity index (χ0v) is 12.0. The van der Waals surface area contributed by atoms with Gasteiger partial charge in [-0.3, -0.25) is 4.79 Å². The quantitative estimate of drug-likeness (QED) is 0.770. The summed E-state index contributed by atoms with van der Waals surface area (Å²) in [4.78, 5) is 11.6. The van der Waals surface area contributed by atoms with Crippen LogP contribution in [0.1, 0.15) is 12.0 Å². The van der Waals surface area contributed by atoms with E-state index >= 15 is 0 Å². The lowest BCUT2D eigenvalue weighted by atomic mass is 10.2. The van der Waals surface area contributed by atoms with Crippen molar-refractivity contribution in [1.29, 1.82) is 0 Å². The topological polar surface area (TPSA) is 64.3 Å². The third-order valence-electron chi connectivity index (χ3n) is 2.77.